The van der Waals surface area contributed by atoms with Crippen LogP contribution in [0.2, 0.25) is 0 Å². The van der Waals surface area contributed by atoms with Crippen molar-refractivity contribution in [1.82, 2.24) is 0 Å². The quantitative estimate of drug-likeness (QED) is 0.901. The van der Waals surface area contributed by atoms with Gasteiger partial charge in [-0.1, -0.05) is 0 Å². The molecule has 2 rings (SSSR count). The lowest BCUT2D eigenvalue weighted by atomic mass is 10.2. The highest BCUT2D eigenvalue weighted by Gasteiger charge is 2.13. The standard InChI is InChI=1S/C14H17NO2S/c1-10-3-8-14(18-10)13(9-15)17-12-6-4-11(16-2)5-7-12/h3-8,13H,9,15H2,1-2H3. The van der Waals surface area contributed by atoms with Gasteiger partial charge in [-0.05, 0) is 43.3 Å². The maximum absolute atomic E-state index is 5.89. The molecule has 1 unspecified atom stereocenters. The minimum Gasteiger partial charge on any atom is -0.497 e. The molecule has 0 amide bonds. The molecule has 0 aliphatic carbocycles. The zero-order valence-electron chi connectivity index (χ0n) is 10.6. The second-order valence-electron chi connectivity index (χ2n) is 3.97. The summed E-state index contributed by atoms with van der Waals surface area (Å²) >= 11 is 1.72. The van der Waals surface area contributed by atoms with Crippen LogP contribution in [0.1, 0.15) is 15.9 Å². The number of aryl methyl sites for hydroxylation is 1. The van der Waals surface area contributed by atoms with Crippen LogP contribution in [0.15, 0.2) is 36.4 Å². The average molecular weight is 263 g/mol. The van der Waals surface area contributed by atoms with Gasteiger partial charge in [0.25, 0.3) is 0 Å². The normalized spacial score (nSPS) is 12.2. The second-order valence-corrected chi connectivity index (χ2v) is 5.29. The van der Waals surface area contributed by atoms with Crippen LogP contribution in [0.5, 0.6) is 11.5 Å². The highest BCUT2D eigenvalue weighted by atomic mass is 32.1. The molecule has 0 aliphatic rings. The zero-order chi connectivity index (χ0) is 13.0. The number of thiophene rings is 1. The molecule has 1 atom stereocenters. The topological polar surface area (TPSA) is 44.5 Å². The van der Waals surface area contributed by atoms with E-state index in [4.69, 9.17) is 15.2 Å². The second kappa shape index (κ2) is 5.89. The van der Waals surface area contributed by atoms with Crippen LogP contribution in [-0.4, -0.2) is 13.7 Å². The van der Waals surface area contributed by atoms with E-state index in [1.165, 1.54) is 4.88 Å². The van der Waals surface area contributed by atoms with Crippen molar-refractivity contribution in [1.29, 1.82) is 0 Å². The molecule has 0 saturated carbocycles. The SMILES string of the molecule is COc1ccc(OC(CN)c2ccc(C)s2)cc1. The number of hydrogen-bond donors (Lipinski definition) is 1. The van der Waals surface area contributed by atoms with E-state index in [0.29, 0.717) is 6.54 Å². The van der Waals surface area contributed by atoms with Gasteiger partial charge in [0.2, 0.25) is 0 Å². The van der Waals surface area contributed by atoms with Crippen molar-refractivity contribution < 1.29 is 9.47 Å². The maximum Gasteiger partial charge on any atom is 0.145 e. The molecule has 3 nitrogen and oxygen atoms in total. The fourth-order valence-electron chi connectivity index (χ4n) is 1.67. The van der Waals surface area contributed by atoms with E-state index < -0.39 is 0 Å². The summed E-state index contributed by atoms with van der Waals surface area (Å²) in [5.41, 5.74) is 5.77. The summed E-state index contributed by atoms with van der Waals surface area (Å²) in [6.45, 7) is 2.54. The Morgan fingerprint density at radius 3 is 2.28 bits per heavy atom. The van der Waals surface area contributed by atoms with Crippen LogP contribution >= 0.6 is 11.3 Å². The van der Waals surface area contributed by atoms with E-state index >= 15 is 0 Å². The Morgan fingerprint density at radius 1 is 1.11 bits per heavy atom. The van der Waals surface area contributed by atoms with E-state index in [9.17, 15) is 0 Å². The molecule has 96 valence electrons. The first-order chi connectivity index (χ1) is 8.72. The average Bonchev–Trinajstić information content (AvgIpc) is 2.83. The third-order valence-electron chi connectivity index (χ3n) is 2.63. The van der Waals surface area contributed by atoms with Crippen LogP contribution in [0, 0.1) is 6.92 Å². The van der Waals surface area contributed by atoms with Crippen molar-refractivity contribution in [3.8, 4) is 11.5 Å². The zero-order valence-corrected chi connectivity index (χ0v) is 11.4. The third kappa shape index (κ3) is 3.03. The largest absolute Gasteiger partial charge is 0.497 e. The van der Waals surface area contributed by atoms with Crippen molar-refractivity contribution in [2.24, 2.45) is 5.73 Å². The molecule has 1 aromatic carbocycles. The van der Waals surface area contributed by atoms with Crippen molar-refractivity contribution in [2.75, 3.05) is 13.7 Å². The molecule has 0 bridgehead atoms. The number of nitrogens with two attached hydrogens (primary N) is 1. The van der Waals surface area contributed by atoms with Crippen LogP contribution < -0.4 is 15.2 Å². The van der Waals surface area contributed by atoms with Gasteiger partial charge in [-0.25, -0.2) is 0 Å². The lowest BCUT2D eigenvalue weighted by Crippen LogP contribution is -2.17. The molecule has 1 heterocycles. The van der Waals surface area contributed by atoms with Gasteiger partial charge in [0.05, 0.1) is 7.11 Å². The number of benzene rings is 1. The number of hydrogen-bond acceptors (Lipinski definition) is 4. The predicted octanol–water partition coefficient (Wildman–Crippen LogP) is 3.14. The minimum absolute atomic E-state index is 0.0860. The van der Waals surface area contributed by atoms with Gasteiger partial charge in [-0.15, -0.1) is 11.3 Å². The Hall–Kier alpha value is -1.52. The summed E-state index contributed by atoms with van der Waals surface area (Å²) in [5, 5.41) is 0. The molecule has 0 saturated heterocycles. The van der Waals surface area contributed by atoms with Crippen LogP contribution in [0.25, 0.3) is 0 Å². The molecule has 1 aromatic heterocycles. The van der Waals surface area contributed by atoms with E-state index in [2.05, 4.69) is 19.1 Å². The lowest BCUT2D eigenvalue weighted by Gasteiger charge is -2.16. The van der Waals surface area contributed by atoms with Gasteiger partial charge in [0.15, 0.2) is 0 Å². The van der Waals surface area contributed by atoms with Gasteiger partial charge < -0.3 is 15.2 Å². The van der Waals surface area contributed by atoms with Gasteiger partial charge in [0, 0.05) is 16.3 Å². The summed E-state index contributed by atoms with van der Waals surface area (Å²) in [4.78, 5) is 2.42. The van der Waals surface area contributed by atoms with E-state index in [1.54, 1.807) is 18.4 Å². The van der Waals surface area contributed by atoms with Crippen LogP contribution in [0.4, 0.5) is 0 Å². The van der Waals surface area contributed by atoms with Gasteiger partial charge in [-0.2, -0.15) is 0 Å². The maximum atomic E-state index is 5.89. The molecule has 2 N–H and O–H groups in total. The molecule has 4 heteroatoms. The van der Waals surface area contributed by atoms with E-state index in [0.717, 1.165) is 16.4 Å². The first-order valence-electron chi connectivity index (χ1n) is 5.80. The van der Waals surface area contributed by atoms with Crippen LogP contribution in [-0.2, 0) is 0 Å². The smallest absolute Gasteiger partial charge is 0.145 e. The number of ether oxygens (including phenoxy) is 2. The fourth-order valence-corrected chi connectivity index (χ4v) is 2.59. The summed E-state index contributed by atoms with van der Waals surface area (Å²) in [7, 11) is 1.65. The molecule has 0 spiro atoms. The van der Waals surface area contributed by atoms with Crippen molar-refractivity contribution in [3.63, 3.8) is 0 Å². The van der Waals surface area contributed by atoms with Gasteiger partial charge >= 0.3 is 0 Å². The highest BCUT2D eigenvalue weighted by molar-refractivity contribution is 7.12. The molecule has 0 aliphatic heterocycles. The summed E-state index contributed by atoms with van der Waals surface area (Å²) in [6.07, 6.45) is -0.0860. The Labute approximate surface area is 111 Å². The Kier molecular flexibility index (Phi) is 4.23. The van der Waals surface area contributed by atoms with E-state index in [-0.39, 0.29) is 6.10 Å². The fraction of sp³-hybridized carbons (Fsp3) is 0.286. The molecular formula is C14H17NO2S. The Balaban J connectivity index is 2.10. The lowest BCUT2D eigenvalue weighted by molar-refractivity contribution is 0.218. The highest BCUT2D eigenvalue weighted by Crippen LogP contribution is 2.27. The Morgan fingerprint density at radius 2 is 1.78 bits per heavy atom. The molecule has 0 fully saturated rings. The third-order valence-corrected chi connectivity index (χ3v) is 3.72. The molecular weight excluding hydrogens is 246 g/mol. The van der Waals surface area contributed by atoms with Crippen LogP contribution in [0.3, 0.4) is 0 Å². The van der Waals surface area contributed by atoms with Crippen molar-refractivity contribution in [2.45, 2.75) is 13.0 Å². The summed E-state index contributed by atoms with van der Waals surface area (Å²) in [5.74, 6) is 1.62. The van der Waals surface area contributed by atoms with E-state index in [1.807, 2.05) is 24.3 Å². The molecule has 0 radical (unpaired) electrons. The minimum atomic E-state index is -0.0860. The first-order valence-corrected chi connectivity index (χ1v) is 6.61. The van der Waals surface area contributed by atoms with Gasteiger partial charge in [0.1, 0.15) is 17.6 Å². The molecule has 18 heavy (non-hydrogen) atoms. The summed E-state index contributed by atoms with van der Waals surface area (Å²) in [6, 6.07) is 11.7. The predicted molar refractivity (Wildman–Crippen MR) is 74.5 cm³/mol. The first kappa shape index (κ1) is 12.9. The van der Waals surface area contributed by atoms with Crippen molar-refractivity contribution in [3.05, 3.63) is 46.2 Å². The molecule has 2 aromatic rings. The number of rotatable bonds is 5. The Bertz CT molecular complexity index is 493. The van der Waals surface area contributed by atoms with Crippen molar-refractivity contribution >= 4 is 11.3 Å². The van der Waals surface area contributed by atoms with Gasteiger partial charge in [-0.3, -0.25) is 0 Å². The number of methoxy groups -OCH3 is 1. The summed E-state index contributed by atoms with van der Waals surface area (Å²) < 4.78 is 11.0. The monoisotopic (exact) mass is 263 g/mol.